The van der Waals surface area contributed by atoms with Crippen LogP contribution in [0.5, 0.6) is 11.5 Å². The third-order valence-electron chi connectivity index (χ3n) is 5.07. The molecule has 3 N–H and O–H groups in total. The Bertz CT molecular complexity index is 1390. The molecule has 0 bridgehead atoms. The van der Waals surface area contributed by atoms with Crippen molar-refractivity contribution in [2.45, 2.75) is 20.3 Å². The van der Waals surface area contributed by atoms with Gasteiger partial charge in [0.25, 0.3) is 5.91 Å². The second kappa shape index (κ2) is 10.2. The van der Waals surface area contributed by atoms with Crippen LogP contribution in [-0.2, 0) is 6.42 Å². The number of aromatic hydroxyl groups is 1. The van der Waals surface area contributed by atoms with E-state index >= 15 is 0 Å². The van der Waals surface area contributed by atoms with E-state index in [1.165, 1.54) is 6.07 Å². The fourth-order valence-corrected chi connectivity index (χ4v) is 4.05. The van der Waals surface area contributed by atoms with Crippen LogP contribution in [0.25, 0.3) is 22.6 Å². The van der Waals surface area contributed by atoms with Crippen molar-refractivity contribution in [2.75, 3.05) is 11.9 Å². The average molecular weight is 540 g/mol. The Morgan fingerprint density at radius 1 is 1.15 bits per heavy atom. The van der Waals surface area contributed by atoms with E-state index in [9.17, 15) is 9.90 Å². The summed E-state index contributed by atoms with van der Waals surface area (Å²) < 4.78 is 11.9. The second-order valence-electron chi connectivity index (χ2n) is 7.39. The maximum atomic E-state index is 12.5. The van der Waals surface area contributed by atoms with Crippen molar-refractivity contribution in [1.29, 1.82) is 0 Å². The minimum absolute atomic E-state index is 0.0307. The highest BCUT2D eigenvalue weighted by atomic mass is 79.9. The molecule has 0 unspecified atom stereocenters. The number of rotatable bonds is 6. The molecule has 3 aromatic carbocycles. The first-order valence-electron chi connectivity index (χ1n) is 10.7. The number of hydrogen-bond acceptors (Lipinski definition) is 6. The molecule has 0 fully saturated rings. The van der Waals surface area contributed by atoms with Crippen molar-refractivity contribution in [2.24, 2.45) is 0 Å². The lowest BCUT2D eigenvalue weighted by molar-refractivity contribution is 0.0977. The Morgan fingerprint density at radius 2 is 1.97 bits per heavy atom. The van der Waals surface area contributed by atoms with Crippen LogP contribution in [0.1, 0.15) is 29.8 Å². The summed E-state index contributed by atoms with van der Waals surface area (Å²) in [6, 6.07) is 15.8. The molecule has 1 heterocycles. The molecule has 0 aliphatic carbocycles. The van der Waals surface area contributed by atoms with Crippen LogP contribution in [-0.4, -0.2) is 27.7 Å². The van der Waals surface area contributed by atoms with Gasteiger partial charge in [0.2, 0.25) is 5.89 Å². The minimum atomic E-state index is -0.375. The van der Waals surface area contributed by atoms with Crippen LogP contribution in [0, 0.1) is 0 Å². The Labute approximate surface area is 210 Å². The molecule has 0 spiro atoms. The number of halogens is 1. The third-order valence-corrected chi connectivity index (χ3v) is 5.89. The highest BCUT2D eigenvalue weighted by molar-refractivity contribution is 9.10. The smallest absolute Gasteiger partial charge is 0.257 e. The van der Waals surface area contributed by atoms with Crippen LogP contribution in [0.3, 0.4) is 0 Å². The zero-order chi connectivity index (χ0) is 24.2. The number of aromatic nitrogens is 1. The van der Waals surface area contributed by atoms with Gasteiger partial charge in [0.05, 0.1) is 16.6 Å². The standard InChI is InChI=1S/C25H22BrN3O4S/c1-3-14-5-9-22-19(11-14)28-24(33-22)17-8-7-16(13-20(17)30)27-25(34)29-23(31)15-6-10-21(32-4-2)18(26)12-15/h5-13,30H,3-4H2,1-2H3,(H2,27,29,31,34). The number of nitrogens with zero attached hydrogens (tertiary/aromatic N) is 1. The van der Waals surface area contributed by atoms with E-state index in [-0.39, 0.29) is 16.8 Å². The van der Waals surface area contributed by atoms with E-state index in [0.29, 0.717) is 45.1 Å². The van der Waals surface area contributed by atoms with Crippen molar-refractivity contribution >= 4 is 56.0 Å². The monoisotopic (exact) mass is 539 g/mol. The summed E-state index contributed by atoms with van der Waals surface area (Å²) in [7, 11) is 0. The number of oxazole rings is 1. The number of carbonyl (C=O) groups excluding carboxylic acids is 1. The zero-order valence-corrected chi connectivity index (χ0v) is 20.9. The van der Waals surface area contributed by atoms with Gasteiger partial charge in [-0.05, 0) is 89.5 Å². The molecule has 0 atom stereocenters. The number of benzene rings is 3. The van der Waals surface area contributed by atoms with Crippen LogP contribution < -0.4 is 15.4 Å². The summed E-state index contributed by atoms with van der Waals surface area (Å²) in [6.45, 7) is 4.48. The summed E-state index contributed by atoms with van der Waals surface area (Å²) in [6.07, 6.45) is 0.899. The van der Waals surface area contributed by atoms with E-state index in [0.717, 1.165) is 17.5 Å². The number of phenolic OH excluding ortho intramolecular Hbond substituents is 1. The number of carbonyl (C=O) groups is 1. The Kier molecular flexibility index (Phi) is 7.14. The molecule has 0 radical (unpaired) electrons. The van der Waals surface area contributed by atoms with Gasteiger partial charge in [-0.1, -0.05) is 13.0 Å². The predicted molar refractivity (Wildman–Crippen MR) is 139 cm³/mol. The lowest BCUT2D eigenvalue weighted by Gasteiger charge is -2.12. The molecule has 9 heteroatoms. The number of thiocarbonyl (C=S) groups is 1. The van der Waals surface area contributed by atoms with Gasteiger partial charge >= 0.3 is 0 Å². The molecule has 1 aromatic heterocycles. The third kappa shape index (κ3) is 5.21. The average Bonchev–Trinajstić information content (AvgIpc) is 3.23. The Morgan fingerprint density at radius 3 is 2.68 bits per heavy atom. The normalized spacial score (nSPS) is 10.8. The van der Waals surface area contributed by atoms with Gasteiger partial charge in [-0.15, -0.1) is 0 Å². The maximum Gasteiger partial charge on any atom is 0.257 e. The first-order chi connectivity index (χ1) is 16.4. The fourth-order valence-electron chi connectivity index (χ4n) is 3.35. The lowest BCUT2D eigenvalue weighted by atomic mass is 10.1. The molecule has 0 aliphatic rings. The topological polar surface area (TPSA) is 96.6 Å². The molecular weight excluding hydrogens is 518 g/mol. The highest BCUT2D eigenvalue weighted by Crippen LogP contribution is 2.33. The van der Waals surface area contributed by atoms with Crippen molar-refractivity contribution in [3.8, 4) is 23.0 Å². The first-order valence-corrected chi connectivity index (χ1v) is 11.9. The first kappa shape index (κ1) is 23.7. The minimum Gasteiger partial charge on any atom is -0.507 e. The van der Waals surface area contributed by atoms with Crippen LogP contribution >= 0.6 is 28.1 Å². The number of fused-ring (bicyclic) bond motifs is 1. The van der Waals surface area contributed by atoms with Gasteiger partial charge in [-0.25, -0.2) is 4.98 Å². The van der Waals surface area contributed by atoms with E-state index in [4.69, 9.17) is 21.4 Å². The molecule has 34 heavy (non-hydrogen) atoms. The molecule has 4 aromatic rings. The van der Waals surface area contributed by atoms with Gasteiger partial charge in [0.1, 0.15) is 17.0 Å². The number of phenols is 1. The van der Waals surface area contributed by atoms with E-state index < -0.39 is 0 Å². The lowest BCUT2D eigenvalue weighted by Crippen LogP contribution is -2.34. The van der Waals surface area contributed by atoms with Crippen molar-refractivity contribution < 1.29 is 19.1 Å². The molecule has 4 rings (SSSR count). The van der Waals surface area contributed by atoms with Crippen LogP contribution in [0.4, 0.5) is 5.69 Å². The van der Waals surface area contributed by atoms with Crippen LogP contribution in [0.15, 0.2) is 63.5 Å². The fraction of sp³-hybridized carbons (Fsp3) is 0.160. The van der Waals surface area contributed by atoms with Crippen molar-refractivity contribution in [3.63, 3.8) is 0 Å². The van der Waals surface area contributed by atoms with Gasteiger partial charge in [-0.2, -0.15) is 0 Å². The number of hydrogen-bond donors (Lipinski definition) is 3. The Hall–Kier alpha value is -3.43. The largest absolute Gasteiger partial charge is 0.507 e. The molecule has 0 aliphatic heterocycles. The van der Waals surface area contributed by atoms with Crippen LogP contribution in [0.2, 0.25) is 0 Å². The van der Waals surface area contributed by atoms with Gasteiger partial charge in [0.15, 0.2) is 10.7 Å². The molecule has 0 saturated heterocycles. The molecule has 7 nitrogen and oxygen atoms in total. The van der Waals surface area contributed by atoms with Gasteiger partial charge < -0.3 is 19.6 Å². The number of nitrogens with one attached hydrogen (secondary N) is 2. The molecule has 174 valence electrons. The molecular formula is C25H22BrN3O4S. The summed E-state index contributed by atoms with van der Waals surface area (Å²) in [4.78, 5) is 17.0. The Balaban J connectivity index is 1.44. The number of ether oxygens (including phenoxy) is 1. The quantitative estimate of drug-likeness (QED) is 0.256. The number of anilines is 1. The molecule has 0 saturated carbocycles. The SMILES string of the molecule is CCOc1ccc(C(=O)NC(=S)Nc2ccc(-c3nc4cc(CC)ccc4o3)c(O)c2)cc1Br. The zero-order valence-electron chi connectivity index (χ0n) is 18.5. The second-order valence-corrected chi connectivity index (χ2v) is 8.66. The van der Waals surface area contributed by atoms with E-state index in [2.05, 4.69) is 38.5 Å². The number of amides is 1. The number of aryl methyl sites for hydroxylation is 1. The summed E-state index contributed by atoms with van der Waals surface area (Å²) in [5.41, 5.74) is 3.92. The van der Waals surface area contributed by atoms with E-state index in [1.807, 2.05) is 25.1 Å². The highest BCUT2D eigenvalue weighted by Gasteiger charge is 2.15. The summed E-state index contributed by atoms with van der Waals surface area (Å²) >= 11 is 8.65. The maximum absolute atomic E-state index is 12.5. The van der Waals surface area contributed by atoms with Gasteiger partial charge in [-0.3, -0.25) is 10.1 Å². The van der Waals surface area contributed by atoms with E-state index in [1.54, 1.807) is 30.3 Å². The summed E-state index contributed by atoms with van der Waals surface area (Å²) in [5, 5.41) is 16.2. The van der Waals surface area contributed by atoms with Gasteiger partial charge in [0, 0.05) is 17.3 Å². The predicted octanol–water partition coefficient (Wildman–Crippen LogP) is 6.05. The summed E-state index contributed by atoms with van der Waals surface area (Å²) in [5.74, 6) is 0.571. The van der Waals surface area contributed by atoms with Crippen molar-refractivity contribution in [1.82, 2.24) is 10.3 Å². The van der Waals surface area contributed by atoms with Crippen molar-refractivity contribution in [3.05, 3.63) is 70.2 Å². The molecule has 1 amide bonds.